The largest absolute Gasteiger partial charge is 0.466 e. The molecule has 0 radical (unpaired) electrons. The molecule has 0 aromatic heterocycles. The van der Waals surface area contributed by atoms with Crippen LogP contribution in [0.15, 0.2) is 35.3 Å². The van der Waals surface area contributed by atoms with Crippen molar-refractivity contribution >= 4 is 35.9 Å². The van der Waals surface area contributed by atoms with E-state index in [0.29, 0.717) is 26.1 Å². The van der Waals surface area contributed by atoms with Crippen LogP contribution in [0, 0.1) is 5.92 Å². The average Bonchev–Trinajstić information content (AvgIpc) is 2.66. The van der Waals surface area contributed by atoms with Gasteiger partial charge in [-0.05, 0) is 32.3 Å². The molecule has 6 nitrogen and oxygen atoms in total. The predicted molar refractivity (Wildman–Crippen MR) is 118 cm³/mol. The number of likely N-dealkylation sites (tertiary alicyclic amines) is 1. The first kappa shape index (κ1) is 23.7. The molecule has 1 heterocycles. The van der Waals surface area contributed by atoms with Crippen LogP contribution in [0.4, 0.5) is 0 Å². The number of guanidine groups is 1. The maximum atomic E-state index is 12.0. The number of carbonyl (C=O) groups is 1. The van der Waals surface area contributed by atoms with Gasteiger partial charge in [0.1, 0.15) is 0 Å². The Morgan fingerprint density at radius 3 is 2.78 bits per heavy atom. The molecule has 1 aliphatic heterocycles. The van der Waals surface area contributed by atoms with Crippen LogP contribution < -0.4 is 5.32 Å². The molecule has 1 saturated heterocycles. The average molecular weight is 489 g/mol. The van der Waals surface area contributed by atoms with E-state index in [-0.39, 0.29) is 35.9 Å². The van der Waals surface area contributed by atoms with E-state index in [9.17, 15) is 9.90 Å². The van der Waals surface area contributed by atoms with Crippen LogP contribution in [0.5, 0.6) is 0 Å². The van der Waals surface area contributed by atoms with Crippen molar-refractivity contribution < 1.29 is 14.6 Å². The maximum absolute atomic E-state index is 12.0. The molecule has 0 bridgehead atoms. The molecule has 2 atom stereocenters. The minimum atomic E-state index is -0.531. The summed E-state index contributed by atoms with van der Waals surface area (Å²) in [6, 6.07) is 9.92. The van der Waals surface area contributed by atoms with E-state index in [1.54, 1.807) is 0 Å². The van der Waals surface area contributed by atoms with Crippen molar-refractivity contribution in [2.24, 2.45) is 10.9 Å². The van der Waals surface area contributed by atoms with Gasteiger partial charge < -0.3 is 20.1 Å². The number of nitrogens with one attached hydrogen (secondary N) is 1. The standard InChI is InChI=1S/C20H31N3O3.HI/c1-3-21-20(22-14-18(24)13-16-9-6-5-7-10-16)23-12-8-11-17(15-23)19(25)26-4-2;/h5-7,9-10,17-18,24H,3-4,8,11-15H2,1-2H3,(H,21,22);1H. The number of hydrogen-bond acceptors (Lipinski definition) is 4. The first-order chi connectivity index (χ1) is 12.6. The fourth-order valence-corrected chi connectivity index (χ4v) is 3.19. The molecule has 0 saturated carbocycles. The maximum Gasteiger partial charge on any atom is 0.310 e. The van der Waals surface area contributed by atoms with Crippen LogP contribution in [0.25, 0.3) is 0 Å². The van der Waals surface area contributed by atoms with Crippen molar-refractivity contribution in [2.45, 2.75) is 39.2 Å². The molecule has 0 aliphatic carbocycles. The van der Waals surface area contributed by atoms with Gasteiger partial charge in [0.25, 0.3) is 0 Å². The second kappa shape index (κ2) is 12.9. The summed E-state index contributed by atoms with van der Waals surface area (Å²) in [5.74, 6) is 0.521. The van der Waals surface area contributed by atoms with Crippen LogP contribution in [-0.4, -0.2) is 60.8 Å². The number of piperidine rings is 1. The van der Waals surface area contributed by atoms with Gasteiger partial charge in [0.05, 0.1) is 25.2 Å². The quantitative estimate of drug-likeness (QED) is 0.267. The molecule has 0 spiro atoms. The van der Waals surface area contributed by atoms with E-state index in [1.165, 1.54) is 0 Å². The Hall–Kier alpha value is -1.35. The van der Waals surface area contributed by atoms with Gasteiger partial charge in [-0.25, -0.2) is 0 Å². The van der Waals surface area contributed by atoms with Gasteiger partial charge in [0.2, 0.25) is 0 Å². The van der Waals surface area contributed by atoms with Crippen LogP contribution in [0.1, 0.15) is 32.3 Å². The lowest BCUT2D eigenvalue weighted by atomic mass is 9.98. The monoisotopic (exact) mass is 489 g/mol. The van der Waals surface area contributed by atoms with Crippen LogP contribution in [0.3, 0.4) is 0 Å². The minimum absolute atomic E-state index is 0. The summed E-state index contributed by atoms with van der Waals surface area (Å²) in [7, 11) is 0. The van der Waals surface area contributed by atoms with E-state index < -0.39 is 6.10 Å². The third kappa shape index (κ3) is 8.04. The Labute approximate surface area is 179 Å². The summed E-state index contributed by atoms with van der Waals surface area (Å²) in [5, 5.41) is 13.6. The lowest BCUT2D eigenvalue weighted by molar-refractivity contribution is -0.149. The van der Waals surface area contributed by atoms with Gasteiger partial charge in [0.15, 0.2) is 5.96 Å². The summed E-state index contributed by atoms with van der Waals surface area (Å²) in [6.45, 7) is 6.80. The van der Waals surface area contributed by atoms with Crippen LogP contribution >= 0.6 is 24.0 Å². The normalized spacial score (nSPS) is 18.4. The van der Waals surface area contributed by atoms with Crippen molar-refractivity contribution in [3.63, 3.8) is 0 Å². The second-order valence-corrected chi connectivity index (χ2v) is 6.58. The zero-order valence-corrected chi connectivity index (χ0v) is 18.6. The van der Waals surface area contributed by atoms with Gasteiger partial charge in [-0.3, -0.25) is 9.79 Å². The van der Waals surface area contributed by atoms with Crippen molar-refractivity contribution in [1.29, 1.82) is 0 Å². The van der Waals surface area contributed by atoms with Crippen LogP contribution in [-0.2, 0) is 16.0 Å². The van der Waals surface area contributed by atoms with Gasteiger partial charge in [0, 0.05) is 26.1 Å². The third-order valence-electron chi connectivity index (χ3n) is 4.44. The first-order valence-electron chi connectivity index (χ1n) is 9.55. The van der Waals surface area contributed by atoms with Crippen molar-refractivity contribution in [3.8, 4) is 0 Å². The molecule has 1 aliphatic rings. The highest BCUT2D eigenvalue weighted by atomic mass is 127. The highest BCUT2D eigenvalue weighted by Crippen LogP contribution is 2.18. The first-order valence-corrected chi connectivity index (χ1v) is 9.55. The highest BCUT2D eigenvalue weighted by molar-refractivity contribution is 14.0. The molecule has 2 N–H and O–H groups in total. The van der Waals surface area contributed by atoms with Gasteiger partial charge >= 0.3 is 5.97 Å². The fraction of sp³-hybridized carbons (Fsp3) is 0.600. The number of halogens is 1. The smallest absolute Gasteiger partial charge is 0.310 e. The van der Waals surface area contributed by atoms with Gasteiger partial charge in [-0.15, -0.1) is 24.0 Å². The Kier molecular flexibility index (Phi) is 11.3. The highest BCUT2D eigenvalue weighted by Gasteiger charge is 2.28. The van der Waals surface area contributed by atoms with Gasteiger partial charge in [-0.1, -0.05) is 30.3 Å². The summed E-state index contributed by atoms with van der Waals surface area (Å²) in [4.78, 5) is 18.7. The number of rotatable bonds is 7. The summed E-state index contributed by atoms with van der Waals surface area (Å²) < 4.78 is 5.17. The minimum Gasteiger partial charge on any atom is -0.466 e. The van der Waals surface area contributed by atoms with Crippen molar-refractivity contribution in [1.82, 2.24) is 10.2 Å². The zero-order chi connectivity index (χ0) is 18.8. The van der Waals surface area contributed by atoms with E-state index in [1.807, 2.05) is 44.2 Å². The Morgan fingerprint density at radius 2 is 2.11 bits per heavy atom. The third-order valence-corrected chi connectivity index (χ3v) is 4.44. The molecule has 27 heavy (non-hydrogen) atoms. The summed E-state index contributed by atoms with van der Waals surface area (Å²) >= 11 is 0. The molecule has 0 amide bonds. The van der Waals surface area contributed by atoms with E-state index in [0.717, 1.165) is 37.5 Å². The van der Waals surface area contributed by atoms with Gasteiger partial charge in [-0.2, -0.15) is 0 Å². The number of aliphatic hydroxyl groups excluding tert-OH is 1. The number of hydrogen-bond donors (Lipinski definition) is 2. The number of esters is 1. The molecular weight excluding hydrogens is 457 g/mol. The summed E-state index contributed by atoms with van der Waals surface area (Å²) in [5.41, 5.74) is 1.10. The number of aliphatic imine (C=N–C) groups is 1. The topological polar surface area (TPSA) is 74.2 Å². The number of ether oxygens (including phenoxy) is 1. The molecule has 1 aromatic rings. The van der Waals surface area contributed by atoms with E-state index in [4.69, 9.17) is 4.74 Å². The van der Waals surface area contributed by atoms with Crippen molar-refractivity contribution in [3.05, 3.63) is 35.9 Å². The molecular formula is C20H32IN3O3. The number of carbonyl (C=O) groups excluding carboxylic acids is 1. The second-order valence-electron chi connectivity index (χ2n) is 6.58. The number of aliphatic hydroxyl groups is 1. The van der Waals surface area contributed by atoms with E-state index >= 15 is 0 Å². The predicted octanol–water partition coefficient (Wildman–Crippen LogP) is 2.45. The molecule has 2 unspecified atom stereocenters. The Balaban J connectivity index is 0.00000364. The zero-order valence-electron chi connectivity index (χ0n) is 16.3. The number of benzene rings is 1. The van der Waals surface area contributed by atoms with E-state index in [2.05, 4.69) is 15.2 Å². The molecule has 1 aromatic carbocycles. The molecule has 1 fully saturated rings. The SMILES string of the molecule is CCNC(=NCC(O)Cc1ccccc1)N1CCCC(C(=O)OCC)C1.I. The molecule has 2 rings (SSSR count). The molecule has 152 valence electrons. The Morgan fingerprint density at radius 1 is 1.37 bits per heavy atom. The van der Waals surface area contributed by atoms with Crippen molar-refractivity contribution in [2.75, 3.05) is 32.8 Å². The van der Waals surface area contributed by atoms with Crippen LogP contribution in [0.2, 0.25) is 0 Å². The summed E-state index contributed by atoms with van der Waals surface area (Å²) in [6.07, 6.45) is 1.83. The Bertz CT molecular complexity index is 583. The lowest BCUT2D eigenvalue weighted by Crippen LogP contribution is -2.48. The molecule has 7 heteroatoms. The lowest BCUT2D eigenvalue weighted by Gasteiger charge is -2.34. The number of nitrogens with zero attached hydrogens (tertiary/aromatic N) is 2. The fourth-order valence-electron chi connectivity index (χ4n) is 3.19.